The summed E-state index contributed by atoms with van der Waals surface area (Å²) in [7, 11) is 1.56. The van der Waals surface area contributed by atoms with Crippen molar-refractivity contribution in [2.24, 2.45) is 0 Å². The van der Waals surface area contributed by atoms with E-state index in [1.54, 1.807) is 25.4 Å². The SMILES string of the molecule is COc1ccc(C(=O)N2CCN(c3cc(C)nc(C(C)C)n3)CC2)cn1. The first-order valence-electron chi connectivity index (χ1n) is 8.87. The van der Waals surface area contributed by atoms with Crippen molar-refractivity contribution in [1.82, 2.24) is 19.9 Å². The second-order valence-electron chi connectivity index (χ2n) is 6.75. The zero-order valence-electron chi connectivity index (χ0n) is 15.8. The Morgan fingerprint density at radius 3 is 2.46 bits per heavy atom. The molecule has 26 heavy (non-hydrogen) atoms. The molecule has 7 nitrogen and oxygen atoms in total. The Morgan fingerprint density at radius 2 is 1.88 bits per heavy atom. The third-order valence-corrected chi connectivity index (χ3v) is 4.46. The van der Waals surface area contributed by atoms with Crippen LogP contribution in [0.15, 0.2) is 24.4 Å². The van der Waals surface area contributed by atoms with Crippen molar-refractivity contribution in [1.29, 1.82) is 0 Å². The van der Waals surface area contributed by atoms with Gasteiger partial charge in [0, 0.05) is 56.1 Å². The van der Waals surface area contributed by atoms with Gasteiger partial charge in [-0.15, -0.1) is 0 Å². The highest BCUT2D eigenvalue weighted by Gasteiger charge is 2.23. The molecule has 0 spiro atoms. The topological polar surface area (TPSA) is 71.5 Å². The van der Waals surface area contributed by atoms with Crippen molar-refractivity contribution in [3.8, 4) is 5.88 Å². The number of methoxy groups -OCH3 is 1. The summed E-state index contributed by atoms with van der Waals surface area (Å²) >= 11 is 0. The number of amides is 1. The number of pyridine rings is 1. The van der Waals surface area contributed by atoms with Gasteiger partial charge in [-0.25, -0.2) is 15.0 Å². The first-order valence-corrected chi connectivity index (χ1v) is 8.87. The highest BCUT2D eigenvalue weighted by atomic mass is 16.5. The van der Waals surface area contributed by atoms with E-state index < -0.39 is 0 Å². The number of carbonyl (C=O) groups excluding carboxylic acids is 1. The molecule has 0 unspecified atom stereocenters. The average molecular weight is 355 g/mol. The van der Waals surface area contributed by atoms with E-state index in [4.69, 9.17) is 9.72 Å². The molecule has 0 aliphatic carbocycles. The van der Waals surface area contributed by atoms with Gasteiger partial charge in [0.05, 0.1) is 12.7 Å². The second-order valence-corrected chi connectivity index (χ2v) is 6.75. The van der Waals surface area contributed by atoms with Gasteiger partial charge < -0.3 is 14.5 Å². The van der Waals surface area contributed by atoms with Crippen LogP contribution in [0.2, 0.25) is 0 Å². The Bertz CT molecular complexity index is 768. The molecule has 2 aromatic rings. The van der Waals surface area contributed by atoms with Crippen LogP contribution < -0.4 is 9.64 Å². The number of hydrogen-bond acceptors (Lipinski definition) is 6. The second kappa shape index (κ2) is 7.68. The normalized spacial score (nSPS) is 14.7. The molecule has 1 aliphatic rings. The summed E-state index contributed by atoms with van der Waals surface area (Å²) in [5, 5.41) is 0. The lowest BCUT2D eigenvalue weighted by Gasteiger charge is -2.35. The van der Waals surface area contributed by atoms with Gasteiger partial charge in [-0.3, -0.25) is 4.79 Å². The Hall–Kier alpha value is -2.70. The average Bonchev–Trinajstić information content (AvgIpc) is 2.67. The summed E-state index contributed by atoms with van der Waals surface area (Å²) in [4.78, 5) is 30.0. The van der Waals surface area contributed by atoms with Crippen LogP contribution in [0, 0.1) is 6.92 Å². The van der Waals surface area contributed by atoms with E-state index in [-0.39, 0.29) is 5.91 Å². The first kappa shape index (κ1) is 18.1. The molecule has 0 N–H and O–H groups in total. The van der Waals surface area contributed by atoms with Gasteiger partial charge in [-0.1, -0.05) is 13.8 Å². The van der Waals surface area contributed by atoms with Crippen LogP contribution >= 0.6 is 0 Å². The number of anilines is 1. The van der Waals surface area contributed by atoms with Crippen molar-refractivity contribution in [3.05, 3.63) is 41.5 Å². The van der Waals surface area contributed by atoms with E-state index in [1.807, 2.05) is 17.9 Å². The molecule has 3 heterocycles. The van der Waals surface area contributed by atoms with Crippen LogP contribution in [0.3, 0.4) is 0 Å². The van der Waals surface area contributed by atoms with Crippen LogP contribution in [0.5, 0.6) is 5.88 Å². The van der Waals surface area contributed by atoms with Gasteiger partial charge in [0.15, 0.2) is 0 Å². The lowest BCUT2D eigenvalue weighted by Crippen LogP contribution is -2.49. The maximum absolute atomic E-state index is 12.6. The van der Waals surface area contributed by atoms with E-state index in [0.29, 0.717) is 30.5 Å². The maximum atomic E-state index is 12.6. The first-order chi connectivity index (χ1) is 12.5. The van der Waals surface area contributed by atoms with Crippen molar-refractivity contribution >= 4 is 11.7 Å². The van der Waals surface area contributed by atoms with Gasteiger partial charge in [-0.05, 0) is 13.0 Å². The monoisotopic (exact) mass is 355 g/mol. The van der Waals surface area contributed by atoms with Crippen molar-refractivity contribution < 1.29 is 9.53 Å². The Balaban J connectivity index is 1.66. The zero-order valence-corrected chi connectivity index (χ0v) is 15.8. The van der Waals surface area contributed by atoms with Gasteiger partial charge in [0.25, 0.3) is 5.91 Å². The van der Waals surface area contributed by atoms with Crippen LogP contribution in [-0.2, 0) is 0 Å². The number of aromatic nitrogens is 3. The highest BCUT2D eigenvalue weighted by Crippen LogP contribution is 2.19. The highest BCUT2D eigenvalue weighted by molar-refractivity contribution is 5.94. The summed E-state index contributed by atoms with van der Waals surface area (Å²) in [6, 6.07) is 5.47. The molecular formula is C19H25N5O2. The van der Waals surface area contributed by atoms with Crippen molar-refractivity contribution in [2.45, 2.75) is 26.7 Å². The molecule has 1 aliphatic heterocycles. The van der Waals surface area contributed by atoms with E-state index >= 15 is 0 Å². The molecule has 0 radical (unpaired) electrons. The molecule has 3 rings (SSSR count). The van der Waals surface area contributed by atoms with E-state index in [0.717, 1.165) is 30.4 Å². The Kier molecular flexibility index (Phi) is 5.35. The summed E-state index contributed by atoms with van der Waals surface area (Å²) in [5.74, 6) is 2.61. The molecule has 0 atom stereocenters. The van der Waals surface area contributed by atoms with Gasteiger partial charge in [-0.2, -0.15) is 0 Å². The minimum atomic E-state index is 0.00143. The number of hydrogen-bond donors (Lipinski definition) is 0. The standard InChI is InChI=1S/C19H25N5O2/c1-13(2)18-21-14(3)11-16(22-18)23-7-9-24(10-8-23)19(25)15-5-6-17(26-4)20-12-15/h5-6,11-13H,7-10H2,1-4H3. The summed E-state index contributed by atoms with van der Waals surface area (Å²) in [6.45, 7) is 9.01. The fraction of sp³-hybridized carbons (Fsp3) is 0.474. The molecule has 0 bridgehead atoms. The Labute approximate surface area is 154 Å². The number of carbonyl (C=O) groups is 1. The quantitative estimate of drug-likeness (QED) is 0.838. The van der Waals surface area contributed by atoms with Gasteiger partial charge in [0.1, 0.15) is 11.6 Å². The van der Waals surface area contributed by atoms with Crippen molar-refractivity contribution in [2.75, 3.05) is 38.2 Å². The lowest BCUT2D eigenvalue weighted by atomic mass is 10.2. The number of nitrogens with zero attached hydrogens (tertiary/aromatic N) is 5. The van der Waals surface area contributed by atoms with E-state index in [2.05, 4.69) is 28.7 Å². The number of aryl methyl sites for hydroxylation is 1. The maximum Gasteiger partial charge on any atom is 0.255 e. The summed E-state index contributed by atoms with van der Waals surface area (Å²) in [5.41, 5.74) is 1.56. The molecule has 1 fully saturated rings. The van der Waals surface area contributed by atoms with Gasteiger partial charge >= 0.3 is 0 Å². The third-order valence-electron chi connectivity index (χ3n) is 4.46. The lowest BCUT2D eigenvalue weighted by molar-refractivity contribution is 0.0746. The molecule has 2 aromatic heterocycles. The van der Waals surface area contributed by atoms with Crippen molar-refractivity contribution in [3.63, 3.8) is 0 Å². The van der Waals surface area contributed by atoms with E-state index in [9.17, 15) is 4.79 Å². The number of rotatable bonds is 4. The Morgan fingerprint density at radius 1 is 1.15 bits per heavy atom. The fourth-order valence-electron chi connectivity index (χ4n) is 2.94. The minimum absolute atomic E-state index is 0.00143. The molecule has 1 amide bonds. The van der Waals surface area contributed by atoms with E-state index in [1.165, 1.54) is 0 Å². The largest absolute Gasteiger partial charge is 0.481 e. The van der Waals surface area contributed by atoms with Gasteiger partial charge in [0.2, 0.25) is 5.88 Å². The van der Waals surface area contributed by atoms with Crippen LogP contribution in [0.4, 0.5) is 5.82 Å². The summed E-state index contributed by atoms with van der Waals surface area (Å²) < 4.78 is 5.04. The smallest absolute Gasteiger partial charge is 0.255 e. The molecule has 1 saturated heterocycles. The zero-order chi connectivity index (χ0) is 18.7. The van der Waals surface area contributed by atoms with Crippen LogP contribution in [-0.4, -0.2) is 59.0 Å². The molecule has 138 valence electrons. The van der Waals surface area contributed by atoms with Crippen LogP contribution in [0.1, 0.15) is 41.6 Å². The molecule has 0 saturated carbocycles. The predicted molar refractivity (Wildman–Crippen MR) is 99.8 cm³/mol. The number of ether oxygens (including phenoxy) is 1. The van der Waals surface area contributed by atoms with Crippen LogP contribution in [0.25, 0.3) is 0 Å². The minimum Gasteiger partial charge on any atom is -0.481 e. The predicted octanol–water partition coefficient (Wildman–Crippen LogP) is 2.27. The third kappa shape index (κ3) is 3.92. The molecule has 7 heteroatoms. The molecule has 0 aromatic carbocycles. The fourth-order valence-corrected chi connectivity index (χ4v) is 2.94. The molecular weight excluding hydrogens is 330 g/mol. The number of piperazine rings is 1. The summed E-state index contributed by atoms with van der Waals surface area (Å²) in [6.07, 6.45) is 1.57.